The molecule has 7 rings (SSSR count). The number of nitrogens with zero attached hydrogens (tertiary/aromatic N) is 6. The summed E-state index contributed by atoms with van der Waals surface area (Å²) in [6.07, 6.45) is 0.673. The Kier molecular flexibility index (Phi) is 8.01. The Morgan fingerprint density at radius 2 is 1.83 bits per heavy atom. The summed E-state index contributed by atoms with van der Waals surface area (Å²) in [7, 11) is 1.93. The van der Waals surface area contributed by atoms with Gasteiger partial charge in [-0.15, -0.1) is 11.3 Å². The van der Waals surface area contributed by atoms with E-state index < -0.39 is 17.7 Å². The maximum atomic E-state index is 12.7. The number of thiazole rings is 1. The number of hydrogen-bond acceptors (Lipinski definition) is 9. The number of carboxylic acids is 1. The highest BCUT2D eigenvalue weighted by atomic mass is 35.5. The van der Waals surface area contributed by atoms with Gasteiger partial charge in [-0.2, -0.15) is 5.10 Å². The number of aromatic nitrogens is 4. The number of fused-ring (bicyclic) bond motifs is 2. The molecular formula is C34H37ClN6O4S. The van der Waals surface area contributed by atoms with Gasteiger partial charge in [-0.05, 0) is 63.1 Å². The van der Waals surface area contributed by atoms with Crippen molar-refractivity contribution in [1.82, 2.24) is 24.6 Å². The number of hydrogen-bond donors (Lipinski definition) is 1. The first kappa shape index (κ1) is 31.0. The Morgan fingerprint density at radius 1 is 1.11 bits per heavy atom. The molecule has 1 atom stereocenters. The molecule has 10 nitrogen and oxygen atoms in total. The highest BCUT2D eigenvalue weighted by Crippen LogP contribution is 2.44. The van der Waals surface area contributed by atoms with E-state index >= 15 is 0 Å². The van der Waals surface area contributed by atoms with Crippen molar-refractivity contribution < 1.29 is 19.4 Å². The Morgan fingerprint density at radius 3 is 2.46 bits per heavy atom. The van der Waals surface area contributed by atoms with E-state index in [2.05, 4.69) is 15.9 Å². The molecule has 2 fully saturated rings. The molecule has 2 aromatic carbocycles. The zero-order valence-corrected chi connectivity index (χ0v) is 28.2. The monoisotopic (exact) mass is 660 g/mol. The third-order valence-corrected chi connectivity index (χ3v) is 10.1. The first-order valence-electron chi connectivity index (χ1n) is 15.5. The van der Waals surface area contributed by atoms with Crippen molar-refractivity contribution in [2.45, 2.75) is 45.4 Å². The quantitative estimate of drug-likeness (QED) is 0.214. The predicted molar refractivity (Wildman–Crippen MR) is 182 cm³/mol. The minimum absolute atomic E-state index is 0.530. The second kappa shape index (κ2) is 11.9. The molecule has 46 heavy (non-hydrogen) atoms. The van der Waals surface area contributed by atoms with Gasteiger partial charge < -0.3 is 19.5 Å². The second-order valence-corrected chi connectivity index (χ2v) is 14.5. The minimum Gasteiger partial charge on any atom is -0.479 e. The highest BCUT2D eigenvalue weighted by molar-refractivity contribution is 7.22. The molecule has 0 unspecified atom stereocenters. The van der Waals surface area contributed by atoms with Crippen molar-refractivity contribution in [2.24, 2.45) is 7.05 Å². The van der Waals surface area contributed by atoms with Crippen molar-refractivity contribution in [3.8, 4) is 21.7 Å². The summed E-state index contributed by atoms with van der Waals surface area (Å²) in [4.78, 5) is 27.5. The van der Waals surface area contributed by atoms with Gasteiger partial charge >= 0.3 is 5.97 Å². The van der Waals surface area contributed by atoms with Crippen LogP contribution in [0.2, 0.25) is 5.02 Å². The van der Waals surface area contributed by atoms with Gasteiger partial charge in [0.1, 0.15) is 5.01 Å². The molecule has 0 radical (unpaired) electrons. The van der Waals surface area contributed by atoms with Gasteiger partial charge in [-0.25, -0.2) is 19.4 Å². The molecule has 5 heterocycles. The van der Waals surface area contributed by atoms with E-state index in [0.717, 1.165) is 93.7 Å². The molecule has 0 amide bonds. The van der Waals surface area contributed by atoms with E-state index in [0.29, 0.717) is 16.6 Å². The van der Waals surface area contributed by atoms with E-state index in [1.807, 2.05) is 76.0 Å². The zero-order valence-electron chi connectivity index (χ0n) is 26.6. The lowest BCUT2D eigenvalue weighted by Crippen LogP contribution is -2.56. The number of ether oxygens (including phenoxy) is 2. The molecule has 5 aromatic rings. The lowest BCUT2D eigenvalue weighted by atomic mass is 9.91. The molecular weight excluding hydrogens is 624 g/mol. The average Bonchev–Trinajstić information content (AvgIpc) is 3.55. The Labute approximate surface area is 276 Å². The van der Waals surface area contributed by atoms with Crippen molar-refractivity contribution in [3.05, 3.63) is 58.7 Å². The van der Waals surface area contributed by atoms with Gasteiger partial charge in [0.2, 0.25) is 0 Å². The molecule has 0 spiro atoms. The molecule has 0 aliphatic carbocycles. The van der Waals surface area contributed by atoms with Gasteiger partial charge in [0.05, 0.1) is 40.5 Å². The Balaban J connectivity index is 1.33. The average molecular weight is 661 g/mol. The number of aryl methyl sites for hydroxylation is 2. The number of pyridine rings is 1. The van der Waals surface area contributed by atoms with E-state index in [1.165, 1.54) is 11.3 Å². The van der Waals surface area contributed by atoms with Gasteiger partial charge in [0, 0.05) is 61.1 Å². The molecule has 2 aliphatic heterocycles. The normalized spacial score (nSPS) is 17.1. The fourth-order valence-electron chi connectivity index (χ4n) is 6.37. The van der Waals surface area contributed by atoms with Gasteiger partial charge in [0.15, 0.2) is 17.6 Å². The summed E-state index contributed by atoms with van der Waals surface area (Å²) in [6.45, 7) is 12.9. The predicted octanol–water partition coefficient (Wildman–Crippen LogP) is 6.34. The molecule has 1 N–H and O–H groups in total. The van der Waals surface area contributed by atoms with Crippen LogP contribution >= 0.6 is 22.9 Å². The van der Waals surface area contributed by atoms with Crippen molar-refractivity contribution in [3.63, 3.8) is 0 Å². The lowest BCUT2D eigenvalue weighted by molar-refractivity contribution is -0.160. The number of carbonyl (C=O) groups is 1. The van der Waals surface area contributed by atoms with E-state index in [9.17, 15) is 9.90 Å². The van der Waals surface area contributed by atoms with Crippen LogP contribution in [0.25, 0.3) is 42.9 Å². The molecule has 0 bridgehead atoms. The number of halogens is 1. The number of piperazine rings is 1. The van der Waals surface area contributed by atoms with E-state index in [1.54, 1.807) is 0 Å². The SMILES string of the molecule is Cc1cc2nc(-c3cnc4c(c3)c(N3CCN(C5COC5)CC3)nn4C)sc2c(-c2ccc(Cl)cc2)c1[C@H](OC(C)(C)C)C(=O)O. The molecule has 3 aromatic heterocycles. The smallest absolute Gasteiger partial charge is 0.337 e. The summed E-state index contributed by atoms with van der Waals surface area (Å²) in [5, 5.41) is 17.7. The molecule has 240 valence electrons. The van der Waals surface area contributed by atoms with Gasteiger partial charge in [-0.1, -0.05) is 23.7 Å². The fourth-order valence-corrected chi connectivity index (χ4v) is 7.60. The number of anilines is 1. The Hall–Kier alpha value is -3.61. The van der Waals surface area contributed by atoms with Crippen LogP contribution in [-0.2, 0) is 21.3 Å². The van der Waals surface area contributed by atoms with Crippen LogP contribution in [0.4, 0.5) is 5.82 Å². The summed E-state index contributed by atoms with van der Waals surface area (Å²) in [5.41, 5.74) is 4.86. The molecule has 0 saturated carbocycles. The summed E-state index contributed by atoms with van der Waals surface area (Å²) in [6, 6.07) is 12.1. The number of aliphatic carboxylic acids is 1. The van der Waals surface area contributed by atoms with Crippen LogP contribution in [0.1, 0.15) is 38.0 Å². The highest BCUT2D eigenvalue weighted by Gasteiger charge is 2.33. The Bertz CT molecular complexity index is 1940. The maximum absolute atomic E-state index is 12.7. The lowest BCUT2D eigenvalue weighted by Gasteiger charge is -2.42. The van der Waals surface area contributed by atoms with Crippen LogP contribution in [0.15, 0.2) is 42.6 Å². The van der Waals surface area contributed by atoms with Gasteiger partial charge in [-0.3, -0.25) is 4.90 Å². The largest absolute Gasteiger partial charge is 0.479 e. The first-order valence-corrected chi connectivity index (χ1v) is 16.7. The number of carboxylic acid groups (broad SMARTS) is 1. The topological polar surface area (TPSA) is 106 Å². The molecule has 2 aliphatic rings. The fraction of sp³-hybridized carbons (Fsp3) is 0.412. The number of rotatable bonds is 7. The van der Waals surface area contributed by atoms with Crippen molar-refractivity contribution in [2.75, 3.05) is 44.3 Å². The molecule has 2 saturated heterocycles. The minimum atomic E-state index is -1.17. The van der Waals surface area contributed by atoms with Crippen molar-refractivity contribution in [1.29, 1.82) is 0 Å². The maximum Gasteiger partial charge on any atom is 0.337 e. The van der Waals surface area contributed by atoms with Crippen LogP contribution in [0, 0.1) is 6.92 Å². The van der Waals surface area contributed by atoms with Crippen LogP contribution in [-0.4, -0.2) is 86.8 Å². The summed E-state index contributed by atoms with van der Waals surface area (Å²) >= 11 is 7.79. The molecule has 12 heteroatoms. The van der Waals surface area contributed by atoms with Crippen molar-refractivity contribution >= 4 is 56.0 Å². The van der Waals surface area contributed by atoms with E-state index in [4.69, 9.17) is 36.1 Å². The van der Waals surface area contributed by atoms with Crippen LogP contribution < -0.4 is 4.90 Å². The van der Waals surface area contributed by atoms with E-state index in [-0.39, 0.29) is 0 Å². The van der Waals surface area contributed by atoms with Gasteiger partial charge in [0.25, 0.3) is 0 Å². The first-order chi connectivity index (χ1) is 22.0. The standard InChI is InChI=1S/C34H37ClN6O4S/c1-19-14-25-29(27(20-6-8-22(35)9-7-20)26(19)28(33(42)43)45-34(2,3)4)46-32(37-25)21-15-24-30(36-16-21)39(5)38-31(24)41-12-10-40(11-13-41)23-17-44-18-23/h6-9,14-16,23,28H,10-13,17-18H2,1-5H3,(H,42,43)/t28-/m0/s1. The van der Waals surface area contributed by atoms with Crippen LogP contribution in [0.3, 0.4) is 0 Å². The van der Waals surface area contributed by atoms with Crippen LogP contribution in [0.5, 0.6) is 0 Å². The third kappa shape index (κ3) is 5.75. The summed E-state index contributed by atoms with van der Waals surface area (Å²) in [5.74, 6) is -0.112. The summed E-state index contributed by atoms with van der Waals surface area (Å²) < 4.78 is 14.3. The second-order valence-electron chi connectivity index (χ2n) is 13.1. The zero-order chi connectivity index (χ0) is 32.3. The number of benzene rings is 2. The third-order valence-electron chi connectivity index (χ3n) is 8.68.